The Hall–Kier alpha value is -3.60. The van der Waals surface area contributed by atoms with Crippen LogP contribution in [0.4, 0.5) is 0 Å². The van der Waals surface area contributed by atoms with Crippen molar-refractivity contribution in [3.05, 3.63) is 102 Å². The molecule has 31 heavy (non-hydrogen) atoms. The summed E-state index contributed by atoms with van der Waals surface area (Å²) in [5.74, 6) is 0.174. The first kappa shape index (κ1) is 22.1. The Morgan fingerprint density at radius 3 is 2.16 bits per heavy atom. The second-order valence-corrected chi connectivity index (χ2v) is 7.37. The van der Waals surface area contributed by atoms with Gasteiger partial charge in [0.2, 0.25) is 5.91 Å². The molecule has 0 aliphatic carbocycles. The molecule has 0 saturated heterocycles. The first-order valence-electron chi connectivity index (χ1n) is 10.4. The number of carbonyl (C=O) groups is 2. The van der Waals surface area contributed by atoms with Crippen LogP contribution in [0.1, 0.15) is 16.7 Å². The van der Waals surface area contributed by atoms with E-state index in [9.17, 15) is 9.59 Å². The summed E-state index contributed by atoms with van der Waals surface area (Å²) in [7, 11) is 1.59. The van der Waals surface area contributed by atoms with Crippen molar-refractivity contribution in [1.82, 2.24) is 10.2 Å². The Morgan fingerprint density at radius 1 is 0.903 bits per heavy atom. The van der Waals surface area contributed by atoms with Crippen LogP contribution in [0.5, 0.6) is 5.75 Å². The standard InChI is InChI=1S/C26H28N2O3/c1-20-11-9-10-14-22(20)18-28(25(29)19-31-23-15-7-4-8-16-23)24(26(30)27-2)17-21-12-5-3-6-13-21/h3-16,24H,17-19H2,1-2H3,(H,27,30)/t24-/m0/s1. The molecular weight excluding hydrogens is 388 g/mol. The molecule has 0 aliphatic rings. The molecule has 3 rings (SSSR count). The van der Waals surface area contributed by atoms with Crippen LogP contribution in [0.25, 0.3) is 0 Å². The Bertz CT molecular complexity index is 990. The summed E-state index contributed by atoms with van der Waals surface area (Å²) in [5, 5.41) is 2.72. The molecule has 0 aromatic heterocycles. The molecule has 0 unspecified atom stereocenters. The van der Waals surface area contributed by atoms with Crippen LogP contribution >= 0.6 is 0 Å². The number of nitrogens with zero attached hydrogens (tertiary/aromatic N) is 1. The Morgan fingerprint density at radius 2 is 1.52 bits per heavy atom. The van der Waals surface area contributed by atoms with Crippen molar-refractivity contribution in [2.75, 3.05) is 13.7 Å². The molecule has 1 N–H and O–H groups in total. The molecule has 1 atom stereocenters. The van der Waals surface area contributed by atoms with Crippen molar-refractivity contribution in [2.24, 2.45) is 0 Å². The second kappa shape index (κ2) is 11.0. The molecule has 0 radical (unpaired) electrons. The van der Waals surface area contributed by atoms with E-state index in [1.54, 1.807) is 24.1 Å². The molecule has 3 aromatic carbocycles. The number of para-hydroxylation sites is 1. The van der Waals surface area contributed by atoms with Crippen LogP contribution in [-0.2, 0) is 22.6 Å². The van der Waals surface area contributed by atoms with Crippen molar-refractivity contribution >= 4 is 11.8 Å². The van der Waals surface area contributed by atoms with E-state index in [4.69, 9.17) is 4.74 Å². The van der Waals surface area contributed by atoms with E-state index < -0.39 is 6.04 Å². The molecule has 0 spiro atoms. The van der Waals surface area contributed by atoms with Crippen LogP contribution in [0.15, 0.2) is 84.9 Å². The molecule has 0 heterocycles. The van der Waals surface area contributed by atoms with Crippen molar-refractivity contribution in [2.45, 2.75) is 25.9 Å². The average molecular weight is 417 g/mol. The molecule has 5 nitrogen and oxygen atoms in total. The number of carbonyl (C=O) groups excluding carboxylic acids is 2. The molecule has 160 valence electrons. The molecule has 5 heteroatoms. The molecule has 2 amide bonds. The van der Waals surface area contributed by atoms with Gasteiger partial charge in [0.15, 0.2) is 6.61 Å². The van der Waals surface area contributed by atoms with E-state index in [2.05, 4.69) is 5.32 Å². The summed E-state index contributed by atoms with van der Waals surface area (Å²) >= 11 is 0. The monoisotopic (exact) mass is 416 g/mol. The summed E-state index contributed by atoms with van der Waals surface area (Å²) in [6.45, 7) is 2.19. The number of aryl methyl sites for hydroxylation is 1. The fourth-order valence-corrected chi connectivity index (χ4v) is 3.44. The molecule has 0 aliphatic heterocycles. The lowest BCUT2D eigenvalue weighted by atomic mass is 10.0. The van der Waals surface area contributed by atoms with Gasteiger partial charge in [0, 0.05) is 20.0 Å². The third-order valence-corrected chi connectivity index (χ3v) is 5.22. The second-order valence-electron chi connectivity index (χ2n) is 7.37. The van der Waals surface area contributed by atoms with E-state index >= 15 is 0 Å². The lowest BCUT2D eigenvalue weighted by molar-refractivity contribution is -0.142. The van der Waals surface area contributed by atoms with Crippen molar-refractivity contribution in [3.63, 3.8) is 0 Å². The predicted octanol–water partition coefficient (Wildman–Crippen LogP) is 3.76. The van der Waals surface area contributed by atoms with Crippen molar-refractivity contribution in [1.29, 1.82) is 0 Å². The van der Waals surface area contributed by atoms with E-state index in [0.717, 1.165) is 16.7 Å². The fraction of sp³-hybridized carbons (Fsp3) is 0.231. The maximum absolute atomic E-state index is 13.3. The van der Waals surface area contributed by atoms with Gasteiger partial charge in [-0.1, -0.05) is 72.8 Å². The predicted molar refractivity (Wildman–Crippen MR) is 122 cm³/mol. The average Bonchev–Trinajstić information content (AvgIpc) is 2.81. The number of likely N-dealkylation sites (N-methyl/N-ethyl adjacent to an activating group) is 1. The smallest absolute Gasteiger partial charge is 0.261 e. The van der Waals surface area contributed by atoms with Gasteiger partial charge >= 0.3 is 0 Å². The molecule has 0 bridgehead atoms. The first-order chi connectivity index (χ1) is 15.1. The maximum atomic E-state index is 13.3. The summed E-state index contributed by atoms with van der Waals surface area (Å²) in [6.07, 6.45) is 0.420. The number of benzene rings is 3. The summed E-state index contributed by atoms with van der Waals surface area (Å²) in [5.41, 5.74) is 3.06. The van der Waals surface area contributed by atoms with Gasteiger partial charge in [0.1, 0.15) is 11.8 Å². The third-order valence-electron chi connectivity index (χ3n) is 5.22. The molecular formula is C26H28N2O3. The Labute approximate surface area is 183 Å². The molecule has 3 aromatic rings. The number of ether oxygens (including phenoxy) is 1. The quantitative estimate of drug-likeness (QED) is 0.578. The van der Waals surface area contributed by atoms with Gasteiger partial charge in [-0.05, 0) is 35.7 Å². The van der Waals surface area contributed by atoms with Crippen molar-refractivity contribution in [3.8, 4) is 5.75 Å². The van der Waals surface area contributed by atoms with Crippen LogP contribution in [0.3, 0.4) is 0 Å². The zero-order valence-electron chi connectivity index (χ0n) is 18.0. The van der Waals surface area contributed by atoms with Gasteiger partial charge in [-0.25, -0.2) is 0 Å². The van der Waals surface area contributed by atoms with Gasteiger partial charge in [0.25, 0.3) is 5.91 Å². The first-order valence-corrected chi connectivity index (χ1v) is 10.4. The normalized spacial score (nSPS) is 11.4. The summed E-state index contributed by atoms with van der Waals surface area (Å²) in [4.78, 5) is 27.8. The van der Waals surface area contributed by atoms with Gasteiger partial charge in [-0.3, -0.25) is 9.59 Å². The van der Waals surface area contributed by atoms with Crippen LogP contribution in [0, 0.1) is 6.92 Å². The largest absolute Gasteiger partial charge is 0.484 e. The summed E-state index contributed by atoms with van der Waals surface area (Å²) in [6, 6.07) is 26.2. The lowest BCUT2D eigenvalue weighted by Gasteiger charge is -2.31. The highest BCUT2D eigenvalue weighted by molar-refractivity contribution is 5.88. The van der Waals surface area contributed by atoms with Crippen LogP contribution < -0.4 is 10.1 Å². The van der Waals surface area contributed by atoms with Crippen LogP contribution in [-0.4, -0.2) is 36.4 Å². The zero-order valence-corrected chi connectivity index (χ0v) is 18.0. The molecule has 0 saturated carbocycles. The molecule has 0 fully saturated rings. The number of nitrogens with one attached hydrogen (secondary N) is 1. The number of amides is 2. The van der Waals surface area contributed by atoms with Gasteiger partial charge in [0.05, 0.1) is 0 Å². The highest BCUT2D eigenvalue weighted by Crippen LogP contribution is 2.18. The fourth-order valence-electron chi connectivity index (χ4n) is 3.44. The van der Waals surface area contributed by atoms with E-state index in [1.165, 1.54) is 0 Å². The van der Waals surface area contributed by atoms with Gasteiger partial charge in [-0.2, -0.15) is 0 Å². The minimum absolute atomic E-state index is 0.141. The van der Waals surface area contributed by atoms with E-state index in [0.29, 0.717) is 18.7 Å². The SMILES string of the molecule is CNC(=O)[C@H](Cc1ccccc1)N(Cc1ccccc1C)C(=O)COc1ccccc1. The number of hydrogen-bond acceptors (Lipinski definition) is 3. The number of hydrogen-bond donors (Lipinski definition) is 1. The van der Waals surface area contributed by atoms with E-state index in [-0.39, 0.29) is 18.4 Å². The highest BCUT2D eigenvalue weighted by Gasteiger charge is 2.30. The van der Waals surface area contributed by atoms with Gasteiger partial charge in [-0.15, -0.1) is 0 Å². The summed E-state index contributed by atoms with van der Waals surface area (Å²) < 4.78 is 5.71. The van der Waals surface area contributed by atoms with E-state index in [1.807, 2.05) is 79.7 Å². The van der Waals surface area contributed by atoms with Crippen LogP contribution in [0.2, 0.25) is 0 Å². The minimum Gasteiger partial charge on any atom is -0.484 e. The van der Waals surface area contributed by atoms with Crippen molar-refractivity contribution < 1.29 is 14.3 Å². The minimum atomic E-state index is -0.654. The number of rotatable bonds is 9. The zero-order chi connectivity index (χ0) is 22.1. The maximum Gasteiger partial charge on any atom is 0.261 e. The van der Waals surface area contributed by atoms with Gasteiger partial charge < -0.3 is 15.0 Å². The Kier molecular flexibility index (Phi) is 7.82. The highest BCUT2D eigenvalue weighted by atomic mass is 16.5. The Balaban J connectivity index is 1.88. The topological polar surface area (TPSA) is 58.6 Å². The lowest BCUT2D eigenvalue weighted by Crippen LogP contribution is -2.51. The third kappa shape index (κ3) is 6.19.